The molecule has 70 heavy (non-hydrogen) atoms. The largest absolute Gasteiger partial charge is 0.456 e. The van der Waals surface area contributed by atoms with E-state index in [9.17, 15) is 0 Å². The normalized spacial score (nSPS) is 12.7. The average molecular weight is 910 g/mol. The molecule has 3 heteroatoms. The van der Waals surface area contributed by atoms with Gasteiger partial charge in [-0.2, -0.15) is 0 Å². The van der Waals surface area contributed by atoms with E-state index in [0.29, 0.717) is 0 Å². The van der Waals surface area contributed by atoms with Gasteiger partial charge in [0.15, 0.2) is 0 Å². The molecule has 0 unspecified atom stereocenters. The summed E-state index contributed by atoms with van der Waals surface area (Å²) in [5, 5.41) is 4.91. The lowest BCUT2D eigenvalue weighted by atomic mass is 9.68. The Morgan fingerprint density at radius 3 is 1.57 bits per heavy atom. The summed E-state index contributed by atoms with van der Waals surface area (Å²) < 4.78 is 8.79. The fourth-order valence-corrected chi connectivity index (χ4v) is 12.5. The van der Waals surface area contributed by atoms with Gasteiger partial charge < -0.3 is 9.32 Å². The molecule has 0 amide bonds. The van der Waals surface area contributed by atoms with E-state index in [1.807, 2.05) is 23.5 Å². The number of thiophene rings is 1. The second-order valence-corrected chi connectivity index (χ2v) is 19.5. The Kier molecular flexibility index (Phi) is 9.33. The molecule has 13 aromatic rings. The summed E-state index contributed by atoms with van der Waals surface area (Å²) in [7, 11) is 0. The van der Waals surface area contributed by atoms with Crippen molar-refractivity contribution in [1.29, 1.82) is 0 Å². The Bertz CT molecular complexity index is 4070. The molecular weight excluding hydrogens is 867 g/mol. The van der Waals surface area contributed by atoms with Crippen LogP contribution in [0.15, 0.2) is 265 Å². The molecule has 2 nitrogen and oxygen atoms in total. The molecule has 14 rings (SSSR count). The predicted molar refractivity (Wildman–Crippen MR) is 295 cm³/mol. The quantitative estimate of drug-likeness (QED) is 0.151. The zero-order chi connectivity index (χ0) is 46.2. The Hall–Kier alpha value is -8.76. The van der Waals surface area contributed by atoms with Gasteiger partial charge in [0.1, 0.15) is 11.2 Å². The van der Waals surface area contributed by atoms with Gasteiger partial charge in [-0.05, 0) is 140 Å². The second kappa shape index (κ2) is 16.2. The smallest absolute Gasteiger partial charge is 0.135 e. The summed E-state index contributed by atoms with van der Waals surface area (Å²) in [5.74, 6) is 0. The Labute approximate surface area is 410 Å². The van der Waals surface area contributed by atoms with Crippen LogP contribution in [0.3, 0.4) is 0 Å². The number of rotatable bonds is 8. The molecule has 0 bridgehead atoms. The highest BCUT2D eigenvalue weighted by Crippen LogP contribution is 2.57. The van der Waals surface area contributed by atoms with Crippen LogP contribution in [0.4, 0.5) is 17.1 Å². The first-order valence-corrected chi connectivity index (χ1v) is 24.8. The number of hydrogen-bond acceptors (Lipinski definition) is 3. The van der Waals surface area contributed by atoms with E-state index >= 15 is 0 Å². The van der Waals surface area contributed by atoms with Gasteiger partial charge in [-0.1, -0.05) is 188 Å². The number of fused-ring (bicyclic) bond motifs is 9. The standard InChI is InChI=1S/C67H43NOS/c1-3-16-50(17-4-1)67(51-18-5-2-6-19-51)61-23-10-7-20-55(61)59-43-54(36-38-62(59)67)68(53-34-28-45(29-35-53)49-30-37-58-57-22-9-12-25-65(57)70-66(58)42-49)52-32-26-44(27-33-52)46-14-13-15-47(40-46)48-31-39-64-60(41-48)56-21-8-11-24-63(56)69-64/h1-43H. The first-order chi connectivity index (χ1) is 34.7. The second-order valence-electron chi connectivity index (χ2n) is 18.4. The van der Waals surface area contributed by atoms with Crippen molar-refractivity contribution in [3.63, 3.8) is 0 Å². The molecule has 0 spiro atoms. The summed E-state index contributed by atoms with van der Waals surface area (Å²) in [4.78, 5) is 2.41. The summed E-state index contributed by atoms with van der Waals surface area (Å²) in [6.45, 7) is 0. The minimum Gasteiger partial charge on any atom is -0.456 e. The number of nitrogens with zero attached hydrogens (tertiary/aromatic N) is 1. The van der Waals surface area contributed by atoms with Crippen molar-refractivity contribution in [3.05, 3.63) is 283 Å². The Morgan fingerprint density at radius 1 is 0.300 bits per heavy atom. The predicted octanol–water partition coefficient (Wildman–Crippen LogP) is 18.8. The SMILES string of the molecule is c1ccc(C2(c3ccccc3)c3ccccc3-c3cc(N(c4ccc(-c5cccc(-c6ccc7oc8ccccc8c7c6)c5)cc4)c4ccc(-c5ccc6c(c5)sc5ccccc56)cc4)ccc32)cc1. The van der Waals surface area contributed by atoms with Crippen LogP contribution in [0.1, 0.15) is 22.3 Å². The lowest BCUT2D eigenvalue weighted by Gasteiger charge is -2.34. The van der Waals surface area contributed by atoms with Gasteiger partial charge in [0.05, 0.1) is 5.41 Å². The van der Waals surface area contributed by atoms with Crippen molar-refractivity contribution < 1.29 is 4.42 Å². The fraction of sp³-hybridized carbons (Fsp3) is 0.0149. The van der Waals surface area contributed by atoms with Crippen LogP contribution in [0, 0.1) is 0 Å². The van der Waals surface area contributed by atoms with E-state index in [-0.39, 0.29) is 0 Å². The average Bonchev–Trinajstić information content (AvgIpc) is 4.10. The van der Waals surface area contributed by atoms with Gasteiger partial charge in [0.2, 0.25) is 0 Å². The maximum absolute atomic E-state index is 6.16. The summed E-state index contributed by atoms with van der Waals surface area (Å²) >= 11 is 1.86. The molecule has 328 valence electrons. The van der Waals surface area contributed by atoms with Crippen LogP contribution < -0.4 is 4.90 Å². The molecule has 2 aromatic heterocycles. The monoisotopic (exact) mass is 909 g/mol. The van der Waals surface area contributed by atoms with E-state index in [0.717, 1.165) is 50.1 Å². The van der Waals surface area contributed by atoms with Crippen LogP contribution >= 0.6 is 11.3 Å². The van der Waals surface area contributed by atoms with E-state index in [2.05, 4.69) is 254 Å². The van der Waals surface area contributed by atoms with Crippen molar-refractivity contribution in [2.24, 2.45) is 0 Å². The molecule has 0 aliphatic heterocycles. The number of benzene rings is 11. The zero-order valence-corrected chi connectivity index (χ0v) is 38.9. The third-order valence-corrected chi connectivity index (χ3v) is 15.7. The number of furan rings is 1. The van der Waals surface area contributed by atoms with Crippen LogP contribution in [0.2, 0.25) is 0 Å². The van der Waals surface area contributed by atoms with E-state index in [1.54, 1.807) is 0 Å². The molecular formula is C67H43NOS. The minimum atomic E-state index is -0.469. The fourth-order valence-electron chi connectivity index (χ4n) is 11.3. The van der Waals surface area contributed by atoms with Crippen LogP contribution in [-0.2, 0) is 5.41 Å². The van der Waals surface area contributed by atoms with Crippen LogP contribution in [0.25, 0.3) is 86.6 Å². The van der Waals surface area contributed by atoms with E-state index < -0.39 is 5.41 Å². The van der Waals surface area contributed by atoms with Gasteiger partial charge in [-0.15, -0.1) is 11.3 Å². The molecule has 0 radical (unpaired) electrons. The number of para-hydroxylation sites is 1. The molecule has 0 atom stereocenters. The van der Waals surface area contributed by atoms with Gasteiger partial charge in [-0.25, -0.2) is 0 Å². The highest BCUT2D eigenvalue weighted by Gasteiger charge is 2.46. The lowest BCUT2D eigenvalue weighted by molar-refractivity contribution is 0.669. The third kappa shape index (κ3) is 6.40. The summed E-state index contributed by atoms with van der Waals surface area (Å²) in [6, 6.07) is 95.6. The Balaban J connectivity index is 0.883. The number of hydrogen-bond donors (Lipinski definition) is 0. The molecule has 11 aromatic carbocycles. The summed E-state index contributed by atoms with van der Waals surface area (Å²) in [5.41, 5.74) is 19.3. The van der Waals surface area contributed by atoms with Gasteiger partial charge in [-0.3, -0.25) is 0 Å². The zero-order valence-electron chi connectivity index (χ0n) is 38.1. The first-order valence-electron chi connectivity index (χ1n) is 24.0. The third-order valence-electron chi connectivity index (χ3n) is 14.6. The molecule has 0 fully saturated rings. The van der Waals surface area contributed by atoms with Crippen molar-refractivity contribution >= 4 is 70.5 Å². The Morgan fingerprint density at radius 2 is 0.829 bits per heavy atom. The van der Waals surface area contributed by atoms with Gasteiger partial charge in [0.25, 0.3) is 0 Å². The molecule has 0 N–H and O–H groups in total. The van der Waals surface area contributed by atoms with E-state index in [4.69, 9.17) is 4.42 Å². The number of anilines is 3. The maximum Gasteiger partial charge on any atom is 0.135 e. The van der Waals surface area contributed by atoms with Gasteiger partial charge >= 0.3 is 0 Å². The first kappa shape index (κ1) is 40.3. The molecule has 2 heterocycles. The lowest BCUT2D eigenvalue weighted by Crippen LogP contribution is -2.28. The molecule has 0 saturated heterocycles. The van der Waals surface area contributed by atoms with Crippen LogP contribution in [0.5, 0.6) is 0 Å². The van der Waals surface area contributed by atoms with E-state index in [1.165, 1.54) is 75.8 Å². The highest BCUT2D eigenvalue weighted by atomic mass is 32.1. The van der Waals surface area contributed by atoms with Crippen molar-refractivity contribution in [2.45, 2.75) is 5.41 Å². The van der Waals surface area contributed by atoms with Gasteiger partial charge in [0, 0.05) is 48.0 Å². The molecule has 1 aliphatic rings. The highest BCUT2D eigenvalue weighted by molar-refractivity contribution is 7.25. The summed E-state index contributed by atoms with van der Waals surface area (Å²) in [6.07, 6.45) is 0. The topological polar surface area (TPSA) is 16.4 Å². The van der Waals surface area contributed by atoms with Crippen molar-refractivity contribution in [1.82, 2.24) is 0 Å². The molecule has 0 saturated carbocycles. The van der Waals surface area contributed by atoms with Crippen LogP contribution in [-0.4, -0.2) is 0 Å². The maximum atomic E-state index is 6.16. The minimum absolute atomic E-state index is 0.469. The van der Waals surface area contributed by atoms with Crippen molar-refractivity contribution in [3.8, 4) is 44.5 Å². The molecule has 1 aliphatic carbocycles. The van der Waals surface area contributed by atoms with Crippen molar-refractivity contribution in [2.75, 3.05) is 4.90 Å².